The largest absolute Gasteiger partial charge is 0.492 e. The molecule has 4 aliphatic heterocycles. The number of rotatable bonds is 4. The van der Waals surface area contributed by atoms with Crippen molar-refractivity contribution in [2.24, 2.45) is 0 Å². The highest BCUT2D eigenvalue weighted by Gasteiger charge is 2.48. The van der Waals surface area contributed by atoms with Gasteiger partial charge in [0.05, 0.1) is 18.3 Å². The zero-order valence-electron chi connectivity index (χ0n) is 22.7. The third kappa shape index (κ3) is 6.13. The van der Waals surface area contributed by atoms with E-state index in [1.54, 1.807) is 0 Å². The number of benzene rings is 1. The number of ether oxygens (including phenoxy) is 3. The number of alkyl halides is 3. The molecule has 4 aliphatic rings. The van der Waals surface area contributed by atoms with Crippen LogP contribution >= 0.6 is 0 Å². The molecule has 1 spiro atoms. The topological polar surface area (TPSA) is 97.4 Å². The average molecular weight is 590 g/mol. The summed E-state index contributed by atoms with van der Waals surface area (Å²) in [5.74, 6) is -0.588. The van der Waals surface area contributed by atoms with Crippen LogP contribution in [0.3, 0.4) is 0 Å². The maximum atomic E-state index is 13.9. The van der Waals surface area contributed by atoms with Gasteiger partial charge >= 0.3 is 6.18 Å². The van der Waals surface area contributed by atoms with E-state index in [2.05, 4.69) is 10.2 Å². The third-order valence-electron chi connectivity index (χ3n) is 8.62. The zero-order chi connectivity index (χ0) is 28.5. The van der Waals surface area contributed by atoms with Gasteiger partial charge in [0.25, 0.3) is 0 Å². The standard InChI is InChI=1S/C27H38F3N3O6S/c1-2-12-38-21-17-22-25(34)31-26(7-10-32(11-8-26)20-5-13-37-14-6-20)9-15-39-23-4-3-19(27(28,29)30)16-24(23)40(35,36)33(22)18-21/h3-4,16,20-22H,2,5-15,17-18H2,1H3,(H,31,34)/t21-,22+/m1/s1. The van der Waals surface area contributed by atoms with Crippen LogP contribution in [-0.2, 0) is 30.5 Å². The summed E-state index contributed by atoms with van der Waals surface area (Å²) in [6, 6.07) is 1.84. The molecule has 4 heterocycles. The molecule has 224 valence electrons. The van der Waals surface area contributed by atoms with Crippen molar-refractivity contribution in [3.8, 4) is 5.75 Å². The van der Waals surface area contributed by atoms with Crippen molar-refractivity contribution in [1.82, 2.24) is 14.5 Å². The number of piperidine rings is 1. The average Bonchev–Trinajstić information content (AvgIpc) is 3.37. The predicted molar refractivity (Wildman–Crippen MR) is 139 cm³/mol. The zero-order valence-corrected chi connectivity index (χ0v) is 23.6. The Labute approximate surface area is 233 Å². The number of carbonyl (C=O) groups is 1. The maximum absolute atomic E-state index is 13.9. The van der Waals surface area contributed by atoms with Gasteiger partial charge in [0, 0.05) is 63.9 Å². The monoisotopic (exact) mass is 589 g/mol. The summed E-state index contributed by atoms with van der Waals surface area (Å²) in [6.07, 6.45) is -0.793. The second-order valence-electron chi connectivity index (χ2n) is 11.2. The molecule has 1 aromatic rings. The number of sulfonamides is 1. The van der Waals surface area contributed by atoms with Gasteiger partial charge in [-0.05, 0) is 50.3 Å². The summed E-state index contributed by atoms with van der Waals surface area (Å²) in [6.45, 7) is 5.24. The fourth-order valence-corrected chi connectivity index (χ4v) is 8.10. The number of fused-ring (bicyclic) bond motifs is 2. The van der Waals surface area contributed by atoms with Crippen LogP contribution < -0.4 is 10.1 Å². The summed E-state index contributed by atoms with van der Waals surface area (Å²) >= 11 is 0. The first kappa shape index (κ1) is 29.6. The van der Waals surface area contributed by atoms with Gasteiger partial charge in [0.15, 0.2) is 0 Å². The lowest BCUT2D eigenvalue weighted by molar-refractivity contribution is -0.137. The molecule has 1 amide bonds. The van der Waals surface area contributed by atoms with E-state index >= 15 is 0 Å². The molecule has 0 aliphatic carbocycles. The molecular weight excluding hydrogens is 551 g/mol. The van der Waals surface area contributed by atoms with E-state index in [1.165, 1.54) is 0 Å². The fourth-order valence-electron chi connectivity index (χ4n) is 6.32. The Balaban J connectivity index is 1.47. The van der Waals surface area contributed by atoms with Crippen molar-refractivity contribution in [3.63, 3.8) is 0 Å². The molecule has 1 N–H and O–H groups in total. The molecule has 0 radical (unpaired) electrons. The van der Waals surface area contributed by atoms with Crippen molar-refractivity contribution >= 4 is 15.9 Å². The van der Waals surface area contributed by atoms with Crippen LogP contribution in [0.25, 0.3) is 0 Å². The van der Waals surface area contributed by atoms with Crippen LogP contribution in [-0.4, -0.2) is 93.3 Å². The Morgan fingerprint density at radius 1 is 1.12 bits per heavy atom. The minimum atomic E-state index is -4.74. The third-order valence-corrected chi connectivity index (χ3v) is 10.5. The van der Waals surface area contributed by atoms with Crippen molar-refractivity contribution in [2.45, 2.75) is 86.7 Å². The van der Waals surface area contributed by atoms with Crippen LogP contribution in [0.5, 0.6) is 5.75 Å². The first-order valence-corrected chi connectivity index (χ1v) is 15.6. The summed E-state index contributed by atoms with van der Waals surface area (Å²) in [5.41, 5.74) is -1.71. The number of nitrogens with one attached hydrogen (secondary N) is 1. The number of amides is 1. The summed E-state index contributed by atoms with van der Waals surface area (Å²) in [5, 5.41) is 3.19. The van der Waals surface area contributed by atoms with Crippen LogP contribution in [0.2, 0.25) is 0 Å². The molecule has 0 aromatic heterocycles. The molecule has 0 unspecified atom stereocenters. The molecule has 2 atom stereocenters. The lowest BCUT2D eigenvalue weighted by Crippen LogP contribution is -2.60. The minimum Gasteiger partial charge on any atom is -0.492 e. The van der Waals surface area contributed by atoms with Crippen molar-refractivity contribution < 1.29 is 40.6 Å². The normalized spacial score (nSPS) is 28.2. The van der Waals surface area contributed by atoms with E-state index in [0.29, 0.717) is 44.4 Å². The van der Waals surface area contributed by atoms with Gasteiger partial charge in [0.1, 0.15) is 16.7 Å². The number of halogens is 3. The quantitative estimate of drug-likeness (QED) is 0.576. The number of hydrogen-bond acceptors (Lipinski definition) is 7. The Bertz CT molecular complexity index is 1170. The minimum absolute atomic E-state index is 0.0539. The Morgan fingerprint density at radius 2 is 1.85 bits per heavy atom. The molecule has 3 saturated heterocycles. The van der Waals surface area contributed by atoms with E-state index in [9.17, 15) is 26.4 Å². The van der Waals surface area contributed by atoms with Gasteiger partial charge in [-0.1, -0.05) is 6.92 Å². The maximum Gasteiger partial charge on any atom is 0.416 e. The Hall–Kier alpha value is -1.93. The first-order valence-electron chi connectivity index (χ1n) is 14.1. The highest BCUT2D eigenvalue weighted by atomic mass is 32.2. The van der Waals surface area contributed by atoms with E-state index < -0.39 is 50.3 Å². The SMILES string of the molecule is CCCO[C@@H]1C[C@H]2C(=O)NC3(CCOc4ccc(C(F)(F)F)cc4S(=O)(=O)N2C1)CCN(C1CCOCC1)CC3. The van der Waals surface area contributed by atoms with E-state index in [1.807, 2.05) is 6.92 Å². The predicted octanol–water partition coefficient (Wildman–Crippen LogP) is 3.18. The second-order valence-corrected chi connectivity index (χ2v) is 13.1. The fraction of sp³-hybridized carbons (Fsp3) is 0.741. The van der Waals surface area contributed by atoms with Gasteiger partial charge in [0.2, 0.25) is 15.9 Å². The molecular formula is C27H38F3N3O6S. The first-order chi connectivity index (χ1) is 19.0. The second kappa shape index (κ2) is 11.7. The molecule has 3 fully saturated rings. The van der Waals surface area contributed by atoms with Crippen molar-refractivity contribution in [3.05, 3.63) is 23.8 Å². The molecule has 0 saturated carbocycles. The van der Waals surface area contributed by atoms with Gasteiger partial charge in [-0.15, -0.1) is 0 Å². The summed E-state index contributed by atoms with van der Waals surface area (Å²) in [4.78, 5) is 15.7. The summed E-state index contributed by atoms with van der Waals surface area (Å²) < 4.78 is 86.8. The van der Waals surface area contributed by atoms with E-state index in [0.717, 1.165) is 55.6 Å². The number of carbonyl (C=O) groups excluding carboxylic acids is 1. The van der Waals surface area contributed by atoms with Crippen LogP contribution in [0.15, 0.2) is 23.1 Å². The van der Waals surface area contributed by atoms with Crippen LogP contribution in [0, 0.1) is 0 Å². The molecule has 40 heavy (non-hydrogen) atoms. The molecule has 13 heteroatoms. The van der Waals surface area contributed by atoms with Crippen LogP contribution in [0.4, 0.5) is 13.2 Å². The molecule has 9 nitrogen and oxygen atoms in total. The lowest BCUT2D eigenvalue weighted by atomic mass is 9.83. The number of hydrogen-bond donors (Lipinski definition) is 1. The molecule has 0 bridgehead atoms. The number of nitrogens with zero attached hydrogens (tertiary/aromatic N) is 2. The highest BCUT2D eigenvalue weighted by Crippen LogP contribution is 2.39. The van der Waals surface area contributed by atoms with E-state index in [4.69, 9.17) is 14.2 Å². The van der Waals surface area contributed by atoms with Crippen molar-refractivity contribution in [1.29, 1.82) is 0 Å². The van der Waals surface area contributed by atoms with Gasteiger partial charge in [-0.2, -0.15) is 17.5 Å². The van der Waals surface area contributed by atoms with Crippen molar-refractivity contribution in [2.75, 3.05) is 46.1 Å². The number of likely N-dealkylation sites (tertiary alicyclic amines) is 1. The van der Waals surface area contributed by atoms with Crippen LogP contribution in [0.1, 0.15) is 57.4 Å². The Kier molecular flexibility index (Phi) is 8.68. The van der Waals surface area contributed by atoms with Gasteiger partial charge in [-0.3, -0.25) is 4.79 Å². The van der Waals surface area contributed by atoms with Gasteiger partial charge < -0.3 is 24.4 Å². The van der Waals surface area contributed by atoms with Gasteiger partial charge in [-0.25, -0.2) is 8.42 Å². The van der Waals surface area contributed by atoms with E-state index in [-0.39, 0.29) is 25.3 Å². The summed E-state index contributed by atoms with van der Waals surface area (Å²) in [7, 11) is -4.53. The Morgan fingerprint density at radius 3 is 2.52 bits per heavy atom. The highest BCUT2D eigenvalue weighted by molar-refractivity contribution is 7.89. The molecule has 1 aromatic carbocycles. The lowest BCUT2D eigenvalue weighted by Gasteiger charge is -2.46. The molecule has 5 rings (SSSR count). The smallest absolute Gasteiger partial charge is 0.416 e.